The zero-order valence-electron chi connectivity index (χ0n) is 16.3. The molecule has 2 heterocycles. The Morgan fingerprint density at radius 1 is 0.897 bits per heavy atom. The average molecular weight is 385 g/mol. The number of anilines is 3. The molecule has 2 aromatic heterocycles. The Kier molecular flexibility index (Phi) is 5.92. The van der Waals surface area contributed by atoms with Crippen LogP contribution in [-0.4, -0.2) is 35.2 Å². The summed E-state index contributed by atoms with van der Waals surface area (Å²) < 4.78 is 5.12. The van der Waals surface area contributed by atoms with Gasteiger partial charge in [-0.05, 0) is 18.6 Å². The highest BCUT2D eigenvalue weighted by Gasteiger charge is 2.09. The minimum Gasteiger partial charge on any atom is -0.385 e. The van der Waals surface area contributed by atoms with E-state index in [1.807, 2.05) is 66.7 Å². The van der Waals surface area contributed by atoms with E-state index in [9.17, 15) is 0 Å². The number of benzene rings is 2. The number of aromatic nitrogens is 3. The van der Waals surface area contributed by atoms with Gasteiger partial charge in [0.2, 0.25) is 0 Å². The molecule has 146 valence electrons. The molecule has 0 aliphatic heterocycles. The summed E-state index contributed by atoms with van der Waals surface area (Å²) in [6, 6.07) is 21.9. The second-order valence-electron chi connectivity index (χ2n) is 6.61. The summed E-state index contributed by atoms with van der Waals surface area (Å²) in [6.07, 6.45) is 2.70. The first kappa shape index (κ1) is 18.8. The molecule has 0 spiro atoms. The highest BCUT2D eigenvalue weighted by atomic mass is 16.5. The van der Waals surface area contributed by atoms with Crippen LogP contribution in [0, 0.1) is 0 Å². The van der Waals surface area contributed by atoms with Gasteiger partial charge in [0.25, 0.3) is 0 Å². The lowest BCUT2D eigenvalue weighted by Gasteiger charge is -2.13. The van der Waals surface area contributed by atoms with Gasteiger partial charge in [-0.25, -0.2) is 9.97 Å². The Morgan fingerprint density at radius 3 is 2.59 bits per heavy atom. The smallest absolute Gasteiger partial charge is 0.163 e. The summed E-state index contributed by atoms with van der Waals surface area (Å²) in [4.78, 5) is 13.9. The van der Waals surface area contributed by atoms with E-state index in [1.165, 1.54) is 0 Å². The van der Waals surface area contributed by atoms with E-state index in [4.69, 9.17) is 9.72 Å². The van der Waals surface area contributed by atoms with Crippen molar-refractivity contribution in [2.24, 2.45) is 0 Å². The van der Waals surface area contributed by atoms with Crippen molar-refractivity contribution in [3.63, 3.8) is 0 Å². The fourth-order valence-electron chi connectivity index (χ4n) is 3.09. The van der Waals surface area contributed by atoms with E-state index in [0.29, 0.717) is 18.2 Å². The van der Waals surface area contributed by atoms with Crippen molar-refractivity contribution in [2.75, 3.05) is 30.9 Å². The molecule has 0 aliphatic rings. The molecule has 0 radical (unpaired) electrons. The van der Waals surface area contributed by atoms with Crippen LogP contribution in [0.1, 0.15) is 6.42 Å². The first-order chi connectivity index (χ1) is 14.3. The summed E-state index contributed by atoms with van der Waals surface area (Å²) in [5.74, 6) is 2.15. The van der Waals surface area contributed by atoms with Crippen molar-refractivity contribution < 1.29 is 4.74 Å². The molecule has 0 saturated carbocycles. The van der Waals surface area contributed by atoms with Gasteiger partial charge in [0, 0.05) is 43.5 Å². The number of para-hydroxylation sites is 1. The molecule has 6 heteroatoms. The molecule has 0 fully saturated rings. The largest absolute Gasteiger partial charge is 0.385 e. The van der Waals surface area contributed by atoms with Crippen LogP contribution >= 0.6 is 0 Å². The topological polar surface area (TPSA) is 72.0 Å². The molecule has 0 bridgehead atoms. The first-order valence-corrected chi connectivity index (χ1v) is 9.61. The Bertz CT molecular complexity index is 1080. The van der Waals surface area contributed by atoms with Gasteiger partial charge in [-0.3, -0.25) is 4.98 Å². The van der Waals surface area contributed by atoms with Gasteiger partial charge < -0.3 is 15.4 Å². The first-order valence-electron chi connectivity index (χ1n) is 9.61. The number of pyridine rings is 1. The Morgan fingerprint density at radius 2 is 1.72 bits per heavy atom. The lowest BCUT2D eigenvalue weighted by Crippen LogP contribution is -2.08. The van der Waals surface area contributed by atoms with E-state index in [2.05, 4.69) is 20.6 Å². The average Bonchev–Trinajstić information content (AvgIpc) is 2.77. The molecule has 29 heavy (non-hydrogen) atoms. The number of fused-ring (bicyclic) bond motifs is 1. The SMILES string of the molecule is COCCCNc1cc(Nc2cccc3cccnc23)nc(-c2ccccc2)n1. The molecule has 0 unspecified atom stereocenters. The summed E-state index contributed by atoms with van der Waals surface area (Å²) >= 11 is 0. The monoisotopic (exact) mass is 385 g/mol. The number of nitrogens with zero attached hydrogens (tertiary/aromatic N) is 3. The van der Waals surface area contributed by atoms with Gasteiger partial charge >= 0.3 is 0 Å². The molecule has 4 aromatic rings. The van der Waals surface area contributed by atoms with Gasteiger partial charge in [0.05, 0.1) is 11.2 Å². The summed E-state index contributed by atoms with van der Waals surface area (Å²) in [5, 5.41) is 7.86. The minimum atomic E-state index is 0.665. The number of methoxy groups -OCH3 is 1. The third-order valence-electron chi connectivity index (χ3n) is 4.48. The van der Waals surface area contributed by atoms with Crippen LogP contribution in [-0.2, 0) is 4.74 Å². The van der Waals surface area contributed by atoms with E-state index in [-0.39, 0.29) is 0 Å². The number of hydrogen-bond acceptors (Lipinski definition) is 6. The molecule has 2 N–H and O–H groups in total. The third-order valence-corrected chi connectivity index (χ3v) is 4.48. The Balaban J connectivity index is 1.67. The van der Waals surface area contributed by atoms with Gasteiger partial charge in [-0.15, -0.1) is 0 Å². The molecular formula is C23H23N5O. The van der Waals surface area contributed by atoms with E-state index in [1.54, 1.807) is 13.3 Å². The molecule has 2 aromatic carbocycles. The maximum atomic E-state index is 5.12. The lowest BCUT2D eigenvalue weighted by atomic mass is 10.2. The van der Waals surface area contributed by atoms with Gasteiger partial charge in [-0.1, -0.05) is 48.5 Å². The molecular weight excluding hydrogens is 362 g/mol. The Hall–Kier alpha value is -3.51. The molecule has 0 amide bonds. The molecule has 6 nitrogen and oxygen atoms in total. The quantitative estimate of drug-likeness (QED) is 0.421. The summed E-state index contributed by atoms with van der Waals surface area (Å²) in [7, 11) is 1.71. The molecule has 0 aliphatic carbocycles. The minimum absolute atomic E-state index is 0.665. The van der Waals surface area contributed by atoms with Crippen molar-refractivity contribution in [1.29, 1.82) is 0 Å². The van der Waals surface area contributed by atoms with Crippen molar-refractivity contribution in [1.82, 2.24) is 15.0 Å². The zero-order valence-corrected chi connectivity index (χ0v) is 16.3. The zero-order chi connectivity index (χ0) is 19.9. The van der Waals surface area contributed by atoms with Crippen molar-refractivity contribution in [3.05, 3.63) is 72.9 Å². The summed E-state index contributed by atoms with van der Waals surface area (Å²) in [6.45, 7) is 1.48. The fraction of sp³-hybridized carbons (Fsp3) is 0.174. The maximum Gasteiger partial charge on any atom is 0.163 e. The van der Waals surface area contributed by atoms with Crippen LogP contribution in [0.3, 0.4) is 0 Å². The van der Waals surface area contributed by atoms with Crippen LogP contribution in [0.4, 0.5) is 17.3 Å². The van der Waals surface area contributed by atoms with Gasteiger partial charge in [0.1, 0.15) is 11.6 Å². The van der Waals surface area contributed by atoms with Crippen LogP contribution in [0.25, 0.3) is 22.3 Å². The fourth-order valence-corrected chi connectivity index (χ4v) is 3.09. The second kappa shape index (κ2) is 9.12. The second-order valence-corrected chi connectivity index (χ2v) is 6.61. The predicted molar refractivity (Wildman–Crippen MR) is 117 cm³/mol. The van der Waals surface area contributed by atoms with Crippen LogP contribution in [0.5, 0.6) is 0 Å². The Labute approximate surface area is 170 Å². The van der Waals surface area contributed by atoms with Crippen LogP contribution < -0.4 is 10.6 Å². The van der Waals surface area contributed by atoms with Crippen molar-refractivity contribution in [3.8, 4) is 11.4 Å². The summed E-state index contributed by atoms with van der Waals surface area (Å²) in [5.41, 5.74) is 2.78. The van der Waals surface area contributed by atoms with Gasteiger partial charge in [-0.2, -0.15) is 0 Å². The predicted octanol–water partition coefficient (Wildman–Crippen LogP) is 4.88. The highest BCUT2D eigenvalue weighted by molar-refractivity contribution is 5.91. The highest BCUT2D eigenvalue weighted by Crippen LogP contribution is 2.26. The van der Waals surface area contributed by atoms with Crippen LogP contribution in [0.15, 0.2) is 72.9 Å². The standard InChI is InChI=1S/C23H23N5O/c1-29-15-7-14-24-20-16-21(28-23(27-20)18-8-3-2-4-9-18)26-19-12-5-10-17-11-6-13-25-22(17)19/h2-6,8-13,16H,7,14-15H2,1H3,(H2,24,26,27,28). The van der Waals surface area contributed by atoms with Crippen molar-refractivity contribution in [2.45, 2.75) is 6.42 Å². The molecule has 4 rings (SSSR count). The molecule has 0 saturated heterocycles. The number of nitrogens with one attached hydrogen (secondary N) is 2. The number of ether oxygens (including phenoxy) is 1. The van der Waals surface area contributed by atoms with Crippen LogP contribution in [0.2, 0.25) is 0 Å². The normalized spacial score (nSPS) is 10.8. The number of hydrogen-bond donors (Lipinski definition) is 2. The van der Waals surface area contributed by atoms with E-state index < -0.39 is 0 Å². The number of rotatable bonds is 8. The van der Waals surface area contributed by atoms with E-state index >= 15 is 0 Å². The maximum absolute atomic E-state index is 5.12. The van der Waals surface area contributed by atoms with Crippen molar-refractivity contribution >= 4 is 28.2 Å². The van der Waals surface area contributed by atoms with E-state index in [0.717, 1.165) is 40.9 Å². The lowest BCUT2D eigenvalue weighted by molar-refractivity contribution is 0.198. The van der Waals surface area contributed by atoms with Gasteiger partial charge in [0.15, 0.2) is 5.82 Å². The third kappa shape index (κ3) is 4.67. The molecule has 0 atom stereocenters.